The average molecular weight is 458 g/mol. The van der Waals surface area contributed by atoms with Crippen molar-refractivity contribution in [1.29, 1.82) is 0 Å². The SMILES string of the molecule is CCNC(=O)C[C@@H]1CC[C@@H]2[C@@H](COc3ccc(NC(=O)C4CCCCC4)cc3C(=O)N2C)O1. The van der Waals surface area contributed by atoms with Crippen molar-refractivity contribution in [1.82, 2.24) is 10.2 Å². The van der Waals surface area contributed by atoms with E-state index in [1.165, 1.54) is 6.42 Å². The van der Waals surface area contributed by atoms with Crippen molar-refractivity contribution in [2.75, 3.05) is 25.5 Å². The summed E-state index contributed by atoms with van der Waals surface area (Å²) in [7, 11) is 1.79. The lowest BCUT2D eigenvalue weighted by molar-refractivity contribution is -0.134. The molecule has 2 N–H and O–H groups in total. The van der Waals surface area contributed by atoms with Crippen LogP contribution in [0.25, 0.3) is 0 Å². The maximum Gasteiger partial charge on any atom is 0.257 e. The molecular weight excluding hydrogens is 422 g/mol. The zero-order valence-corrected chi connectivity index (χ0v) is 19.6. The number of fused-ring (bicyclic) bond motifs is 2. The van der Waals surface area contributed by atoms with Gasteiger partial charge in [-0.1, -0.05) is 19.3 Å². The number of nitrogens with zero attached hydrogens (tertiary/aromatic N) is 1. The standard InChI is InChI=1S/C25H35N3O5/c1-3-26-23(29)14-18-10-11-20-22(33-18)15-32-21-12-9-17(13-19(21)25(31)28(20)2)27-24(30)16-7-5-4-6-8-16/h9,12-13,16,18,20,22H,3-8,10-11,14-15H2,1-2H3,(H,26,29)(H,27,30)/t18-,20+,22+/m0/s1. The van der Waals surface area contributed by atoms with Gasteiger partial charge < -0.3 is 25.0 Å². The Labute approximate surface area is 195 Å². The number of carbonyl (C=O) groups excluding carboxylic acids is 3. The molecular formula is C25H35N3O5. The molecule has 8 heteroatoms. The minimum Gasteiger partial charge on any atom is -0.490 e. The second-order valence-corrected chi connectivity index (χ2v) is 9.36. The van der Waals surface area contributed by atoms with Crippen LogP contribution in [0.15, 0.2) is 18.2 Å². The first-order chi connectivity index (χ1) is 16.0. The normalized spacial score (nSPS) is 25.7. The fraction of sp³-hybridized carbons (Fsp3) is 0.640. The van der Waals surface area contributed by atoms with E-state index in [2.05, 4.69) is 10.6 Å². The first-order valence-corrected chi connectivity index (χ1v) is 12.2. The van der Waals surface area contributed by atoms with Crippen LogP contribution in [0.2, 0.25) is 0 Å². The van der Waals surface area contributed by atoms with E-state index in [9.17, 15) is 14.4 Å². The number of hydrogen-bond donors (Lipinski definition) is 2. The molecule has 3 atom stereocenters. The summed E-state index contributed by atoms with van der Waals surface area (Å²) in [6, 6.07) is 5.12. The van der Waals surface area contributed by atoms with Crippen LogP contribution in [0, 0.1) is 5.92 Å². The lowest BCUT2D eigenvalue weighted by atomic mass is 9.88. The molecule has 2 heterocycles. The largest absolute Gasteiger partial charge is 0.490 e. The number of carbonyl (C=O) groups is 3. The van der Waals surface area contributed by atoms with E-state index in [0.29, 0.717) is 43.0 Å². The number of ether oxygens (including phenoxy) is 2. The molecule has 8 nitrogen and oxygen atoms in total. The van der Waals surface area contributed by atoms with Crippen molar-refractivity contribution in [2.45, 2.75) is 76.5 Å². The Morgan fingerprint density at radius 2 is 1.91 bits per heavy atom. The van der Waals surface area contributed by atoms with Gasteiger partial charge in [-0.15, -0.1) is 0 Å². The van der Waals surface area contributed by atoms with E-state index in [-0.39, 0.29) is 41.9 Å². The fourth-order valence-corrected chi connectivity index (χ4v) is 5.19. The van der Waals surface area contributed by atoms with Gasteiger partial charge in [0, 0.05) is 25.2 Å². The molecule has 0 unspecified atom stereocenters. The highest BCUT2D eigenvalue weighted by Gasteiger charge is 2.39. The Hall–Kier alpha value is -2.61. The molecule has 1 saturated carbocycles. The van der Waals surface area contributed by atoms with Crippen molar-refractivity contribution in [3.63, 3.8) is 0 Å². The summed E-state index contributed by atoms with van der Waals surface area (Å²) >= 11 is 0. The molecule has 4 rings (SSSR count). The molecule has 3 aliphatic rings. The molecule has 0 spiro atoms. The van der Waals surface area contributed by atoms with Gasteiger partial charge in [-0.25, -0.2) is 0 Å². The van der Waals surface area contributed by atoms with Crippen molar-refractivity contribution in [2.24, 2.45) is 5.92 Å². The predicted octanol–water partition coefficient (Wildman–Crippen LogP) is 3.11. The van der Waals surface area contributed by atoms with E-state index in [1.807, 2.05) is 6.92 Å². The average Bonchev–Trinajstić information content (AvgIpc) is 2.82. The summed E-state index contributed by atoms with van der Waals surface area (Å²) in [5, 5.41) is 5.81. The third-order valence-electron chi connectivity index (χ3n) is 7.04. The van der Waals surface area contributed by atoms with E-state index in [0.717, 1.165) is 32.1 Å². The van der Waals surface area contributed by atoms with Gasteiger partial charge in [-0.2, -0.15) is 0 Å². The molecule has 2 aliphatic heterocycles. The van der Waals surface area contributed by atoms with E-state index in [4.69, 9.17) is 9.47 Å². The number of anilines is 1. The maximum atomic E-state index is 13.3. The molecule has 33 heavy (non-hydrogen) atoms. The molecule has 2 fully saturated rings. The first-order valence-electron chi connectivity index (χ1n) is 12.2. The first kappa shape index (κ1) is 23.5. The maximum absolute atomic E-state index is 13.3. The molecule has 0 bridgehead atoms. The Morgan fingerprint density at radius 1 is 1.12 bits per heavy atom. The Balaban J connectivity index is 1.46. The minimum atomic E-state index is -0.300. The fourth-order valence-electron chi connectivity index (χ4n) is 5.19. The molecule has 0 radical (unpaired) electrons. The number of amides is 3. The zero-order chi connectivity index (χ0) is 23.4. The number of likely N-dealkylation sites (N-methyl/N-ethyl adjacent to an activating group) is 1. The Morgan fingerprint density at radius 3 is 2.67 bits per heavy atom. The molecule has 3 amide bonds. The third-order valence-corrected chi connectivity index (χ3v) is 7.04. The van der Waals surface area contributed by atoms with Crippen LogP contribution in [-0.4, -0.2) is 61.1 Å². The van der Waals surface area contributed by atoms with Crippen molar-refractivity contribution in [3.05, 3.63) is 23.8 Å². The van der Waals surface area contributed by atoms with Crippen LogP contribution < -0.4 is 15.4 Å². The third kappa shape index (κ3) is 5.49. The topological polar surface area (TPSA) is 97.0 Å². The van der Waals surface area contributed by atoms with Crippen LogP contribution in [0.1, 0.15) is 68.6 Å². The second-order valence-electron chi connectivity index (χ2n) is 9.36. The zero-order valence-electron chi connectivity index (χ0n) is 19.6. The lowest BCUT2D eigenvalue weighted by Crippen LogP contribution is -2.54. The van der Waals surface area contributed by atoms with Crippen LogP contribution in [-0.2, 0) is 14.3 Å². The van der Waals surface area contributed by atoms with E-state index in [1.54, 1.807) is 30.1 Å². The van der Waals surface area contributed by atoms with Crippen LogP contribution >= 0.6 is 0 Å². The van der Waals surface area contributed by atoms with Crippen LogP contribution in [0.4, 0.5) is 5.69 Å². The highest BCUT2D eigenvalue weighted by atomic mass is 16.5. The van der Waals surface area contributed by atoms with Crippen LogP contribution in [0.3, 0.4) is 0 Å². The Kier molecular flexibility index (Phi) is 7.53. The second kappa shape index (κ2) is 10.5. The number of hydrogen-bond acceptors (Lipinski definition) is 5. The van der Waals surface area contributed by atoms with Crippen molar-refractivity contribution >= 4 is 23.4 Å². The van der Waals surface area contributed by atoms with E-state index < -0.39 is 0 Å². The van der Waals surface area contributed by atoms with Gasteiger partial charge in [0.1, 0.15) is 18.5 Å². The van der Waals surface area contributed by atoms with Gasteiger partial charge in [0.05, 0.1) is 24.1 Å². The smallest absolute Gasteiger partial charge is 0.257 e. The molecule has 0 aromatic heterocycles. The molecule has 1 saturated heterocycles. The number of nitrogens with one attached hydrogen (secondary N) is 2. The summed E-state index contributed by atoms with van der Waals surface area (Å²) < 4.78 is 12.2. The predicted molar refractivity (Wildman–Crippen MR) is 124 cm³/mol. The van der Waals surface area contributed by atoms with E-state index >= 15 is 0 Å². The summed E-state index contributed by atoms with van der Waals surface area (Å²) in [6.07, 6.45) is 6.51. The van der Waals surface area contributed by atoms with Gasteiger partial charge in [0.2, 0.25) is 11.8 Å². The van der Waals surface area contributed by atoms with Gasteiger partial charge >= 0.3 is 0 Å². The van der Waals surface area contributed by atoms with Gasteiger partial charge in [-0.05, 0) is 50.8 Å². The van der Waals surface area contributed by atoms with Gasteiger partial charge in [0.25, 0.3) is 5.91 Å². The molecule has 1 aromatic rings. The summed E-state index contributed by atoms with van der Waals surface area (Å²) in [5.41, 5.74) is 1.07. The molecule has 180 valence electrons. The van der Waals surface area contributed by atoms with Gasteiger partial charge in [-0.3, -0.25) is 14.4 Å². The quantitative estimate of drug-likeness (QED) is 0.708. The summed E-state index contributed by atoms with van der Waals surface area (Å²) in [5.74, 6) is 0.379. The molecule has 1 aromatic carbocycles. The van der Waals surface area contributed by atoms with Crippen molar-refractivity contribution in [3.8, 4) is 5.75 Å². The minimum absolute atomic E-state index is 0.0229. The van der Waals surface area contributed by atoms with Crippen molar-refractivity contribution < 1.29 is 23.9 Å². The molecule has 1 aliphatic carbocycles. The monoisotopic (exact) mass is 457 g/mol. The Bertz CT molecular complexity index is 883. The van der Waals surface area contributed by atoms with Crippen LogP contribution in [0.5, 0.6) is 5.75 Å². The highest BCUT2D eigenvalue weighted by Crippen LogP contribution is 2.33. The number of benzene rings is 1. The number of rotatable bonds is 5. The summed E-state index contributed by atoms with van der Waals surface area (Å²) in [4.78, 5) is 39.7. The summed E-state index contributed by atoms with van der Waals surface area (Å²) in [6.45, 7) is 2.79. The lowest BCUT2D eigenvalue weighted by Gasteiger charge is -2.42. The highest BCUT2D eigenvalue weighted by molar-refractivity contribution is 6.00. The van der Waals surface area contributed by atoms with Gasteiger partial charge in [0.15, 0.2) is 0 Å².